The van der Waals surface area contributed by atoms with Gasteiger partial charge in [-0.1, -0.05) is 43.7 Å². The summed E-state index contributed by atoms with van der Waals surface area (Å²) in [4.78, 5) is 12.5. The molecule has 4 nitrogen and oxygen atoms in total. The molecule has 0 aliphatic rings. The van der Waals surface area contributed by atoms with Crippen LogP contribution in [0.1, 0.15) is 46.9 Å². The van der Waals surface area contributed by atoms with Gasteiger partial charge in [0.25, 0.3) is 5.91 Å². The minimum atomic E-state index is -4.74. The van der Waals surface area contributed by atoms with Gasteiger partial charge in [0.15, 0.2) is 5.69 Å². The average molecular weight is 387 g/mol. The number of aryl methyl sites for hydroxylation is 1. The smallest absolute Gasteiger partial charge is 0.322 e. The third kappa shape index (κ3) is 4.08. The Hall–Kier alpha value is -3.09. The lowest BCUT2D eigenvalue weighted by atomic mass is 10.0. The van der Waals surface area contributed by atoms with Crippen molar-refractivity contribution in [2.45, 2.75) is 32.9 Å². The number of alkyl halides is 3. The Bertz CT molecular complexity index is 972. The highest BCUT2D eigenvalue weighted by Gasteiger charge is 2.40. The molecule has 1 N–H and O–H groups in total. The first-order valence-corrected chi connectivity index (χ1v) is 8.80. The summed E-state index contributed by atoms with van der Waals surface area (Å²) in [5.74, 6) is -0.544. The van der Waals surface area contributed by atoms with E-state index in [2.05, 4.69) is 10.4 Å². The molecule has 1 heterocycles. The van der Waals surface area contributed by atoms with Crippen LogP contribution in [-0.2, 0) is 6.18 Å². The quantitative estimate of drug-likeness (QED) is 0.636. The van der Waals surface area contributed by atoms with Crippen molar-refractivity contribution in [1.29, 1.82) is 0 Å². The molecule has 3 aromatic rings. The van der Waals surface area contributed by atoms with E-state index in [1.54, 1.807) is 24.3 Å². The Balaban J connectivity index is 1.95. The van der Waals surface area contributed by atoms with Crippen LogP contribution in [-0.4, -0.2) is 15.7 Å². The highest BCUT2D eigenvalue weighted by atomic mass is 19.4. The second-order valence-corrected chi connectivity index (χ2v) is 6.88. The summed E-state index contributed by atoms with van der Waals surface area (Å²) in [6.07, 6.45) is -3.80. The molecule has 1 aromatic heterocycles. The van der Waals surface area contributed by atoms with E-state index < -0.39 is 23.3 Å². The lowest BCUT2D eigenvalue weighted by molar-refractivity contribution is -0.143. The Labute approximate surface area is 161 Å². The third-order valence-electron chi connectivity index (χ3n) is 4.40. The van der Waals surface area contributed by atoms with Gasteiger partial charge in [-0.3, -0.25) is 4.79 Å². The van der Waals surface area contributed by atoms with Crippen molar-refractivity contribution in [3.63, 3.8) is 0 Å². The molecule has 0 atom stereocenters. The van der Waals surface area contributed by atoms with E-state index in [4.69, 9.17) is 0 Å². The van der Waals surface area contributed by atoms with Crippen molar-refractivity contribution < 1.29 is 18.0 Å². The number of nitrogens with one attached hydrogen (secondary N) is 1. The standard InChI is InChI=1S/C21H20F3N3O/c1-13(2)15-6-8-16(9-7-15)26-20(28)18-12-25-27(19(18)21(22,23)24)17-10-4-14(3)5-11-17/h4-13H,1-3H3,(H,26,28). The molecule has 0 spiro atoms. The Morgan fingerprint density at radius 2 is 1.64 bits per heavy atom. The number of amides is 1. The van der Waals surface area contributed by atoms with Gasteiger partial charge in [-0.05, 0) is 42.7 Å². The number of nitrogens with zero attached hydrogens (tertiary/aromatic N) is 2. The second kappa shape index (κ2) is 7.50. The number of rotatable bonds is 4. The molecular weight excluding hydrogens is 367 g/mol. The molecule has 3 rings (SSSR count). The average Bonchev–Trinajstić information content (AvgIpc) is 3.08. The highest BCUT2D eigenvalue weighted by Crippen LogP contribution is 2.34. The zero-order valence-corrected chi connectivity index (χ0v) is 15.7. The number of hydrogen-bond donors (Lipinski definition) is 1. The summed E-state index contributed by atoms with van der Waals surface area (Å²) < 4.78 is 41.9. The van der Waals surface area contributed by atoms with Crippen LogP contribution in [0, 0.1) is 6.92 Å². The molecule has 0 aliphatic carbocycles. The Kier molecular flexibility index (Phi) is 5.27. The van der Waals surface area contributed by atoms with Gasteiger partial charge in [-0.15, -0.1) is 0 Å². The van der Waals surface area contributed by atoms with E-state index >= 15 is 0 Å². The first-order chi connectivity index (χ1) is 13.2. The van der Waals surface area contributed by atoms with Gasteiger partial charge >= 0.3 is 6.18 Å². The van der Waals surface area contributed by atoms with E-state index in [0.717, 1.165) is 22.0 Å². The summed E-state index contributed by atoms with van der Waals surface area (Å²) in [6, 6.07) is 13.4. The first-order valence-electron chi connectivity index (χ1n) is 8.80. The minimum Gasteiger partial charge on any atom is -0.322 e. The van der Waals surface area contributed by atoms with Crippen LogP contribution in [0.4, 0.5) is 18.9 Å². The zero-order valence-electron chi connectivity index (χ0n) is 15.7. The van der Waals surface area contributed by atoms with Gasteiger partial charge < -0.3 is 5.32 Å². The van der Waals surface area contributed by atoms with Crippen LogP contribution in [0.2, 0.25) is 0 Å². The molecule has 0 saturated carbocycles. The van der Waals surface area contributed by atoms with Crippen LogP contribution < -0.4 is 5.32 Å². The van der Waals surface area contributed by atoms with Crippen molar-refractivity contribution in [2.75, 3.05) is 5.32 Å². The summed E-state index contributed by atoms with van der Waals surface area (Å²) in [5.41, 5.74) is 1.01. The predicted octanol–water partition coefficient (Wildman–Crippen LogP) is 5.58. The van der Waals surface area contributed by atoms with Gasteiger partial charge in [-0.2, -0.15) is 18.3 Å². The van der Waals surface area contributed by atoms with Gasteiger partial charge in [0.05, 0.1) is 17.4 Å². The molecular formula is C21H20F3N3O. The van der Waals surface area contributed by atoms with Gasteiger partial charge in [0.1, 0.15) is 0 Å². The van der Waals surface area contributed by atoms with Crippen LogP contribution >= 0.6 is 0 Å². The summed E-state index contributed by atoms with van der Waals surface area (Å²) in [5, 5.41) is 6.34. The van der Waals surface area contributed by atoms with Crippen molar-refractivity contribution in [2.24, 2.45) is 0 Å². The molecule has 0 aliphatic heterocycles. The molecule has 0 saturated heterocycles. The van der Waals surface area contributed by atoms with Crippen molar-refractivity contribution in [3.8, 4) is 5.69 Å². The SMILES string of the molecule is Cc1ccc(-n2ncc(C(=O)Nc3ccc(C(C)C)cc3)c2C(F)(F)F)cc1. The number of halogens is 3. The number of hydrogen-bond acceptors (Lipinski definition) is 2. The molecule has 28 heavy (non-hydrogen) atoms. The van der Waals surface area contributed by atoms with Crippen LogP contribution in [0.15, 0.2) is 54.7 Å². The zero-order chi connectivity index (χ0) is 20.5. The number of aromatic nitrogens is 2. The van der Waals surface area contributed by atoms with Crippen LogP contribution in [0.25, 0.3) is 5.69 Å². The van der Waals surface area contributed by atoms with Crippen molar-refractivity contribution >= 4 is 11.6 Å². The fourth-order valence-corrected chi connectivity index (χ4v) is 2.82. The van der Waals surface area contributed by atoms with Gasteiger partial charge in [-0.25, -0.2) is 4.68 Å². The molecule has 0 radical (unpaired) electrons. The van der Waals surface area contributed by atoms with Crippen LogP contribution in [0.3, 0.4) is 0 Å². The largest absolute Gasteiger partial charge is 0.434 e. The van der Waals surface area contributed by atoms with Crippen LogP contribution in [0.5, 0.6) is 0 Å². The van der Waals surface area contributed by atoms with E-state index in [-0.39, 0.29) is 5.69 Å². The summed E-state index contributed by atoms with van der Waals surface area (Å²) in [7, 11) is 0. The normalized spacial score (nSPS) is 11.7. The molecule has 0 unspecified atom stereocenters. The fraction of sp³-hybridized carbons (Fsp3) is 0.238. The molecule has 1 amide bonds. The monoisotopic (exact) mass is 387 g/mol. The fourth-order valence-electron chi connectivity index (χ4n) is 2.82. The summed E-state index contributed by atoms with van der Waals surface area (Å²) >= 11 is 0. The lowest BCUT2D eigenvalue weighted by Crippen LogP contribution is -2.20. The van der Waals surface area contributed by atoms with E-state index in [9.17, 15) is 18.0 Å². The molecule has 0 bridgehead atoms. The lowest BCUT2D eigenvalue weighted by Gasteiger charge is -2.13. The molecule has 2 aromatic carbocycles. The number of carbonyl (C=O) groups excluding carboxylic acids is 1. The predicted molar refractivity (Wildman–Crippen MR) is 102 cm³/mol. The maximum Gasteiger partial charge on any atom is 0.434 e. The second-order valence-electron chi connectivity index (χ2n) is 6.88. The third-order valence-corrected chi connectivity index (χ3v) is 4.40. The summed E-state index contributed by atoms with van der Waals surface area (Å²) in [6.45, 7) is 5.90. The van der Waals surface area contributed by atoms with Gasteiger partial charge in [0.2, 0.25) is 0 Å². The molecule has 146 valence electrons. The Morgan fingerprint density at radius 3 is 2.18 bits per heavy atom. The number of anilines is 1. The van der Waals surface area contributed by atoms with Crippen molar-refractivity contribution in [1.82, 2.24) is 9.78 Å². The number of carbonyl (C=O) groups is 1. The topological polar surface area (TPSA) is 46.9 Å². The van der Waals surface area contributed by atoms with E-state index in [1.807, 2.05) is 32.9 Å². The molecule has 7 heteroatoms. The first kappa shape index (κ1) is 19.7. The maximum absolute atomic E-state index is 13.7. The maximum atomic E-state index is 13.7. The molecule has 0 fully saturated rings. The highest BCUT2D eigenvalue weighted by molar-refractivity contribution is 6.05. The van der Waals surface area contributed by atoms with E-state index in [1.165, 1.54) is 12.1 Å². The number of benzene rings is 2. The van der Waals surface area contributed by atoms with Gasteiger partial charge in [0, 0.05) is 5.69 Å². The minimum absolute atomic E-state index is 0.235. The van der Waals surface area contributed by atoms with Crippen molar-refractivity contribution in [3.05, 3.63) is 77.1 Å². The Morgan fingerprint density at radius 1 is 1.04 bits per heavy atom. The van der Waals surface area contributed by atoms with E-state index in [0.29, 0.717) is 11.6 Å².